The highest BCUT2D eigenvalue weighted by Crippen LogP contribution is 2.32. The smallest absolute Gasteiger partial charge is 0.289 e. The molecule has 0 aliphatic carbocycles. The molecule has 3 rings (SSSR count). The first kappa shape index (κ1) is 21.2. The number of hydrogen-bond donors (Lipinski definition) is 1. The molecule has 0 saturated carbocycles. The van der Waals surface area contributed by atoms with Gasteiger partial charge in [0.05, 0.1) is 12.2 Å². The maximum Gasteiger partial charge on any atom is 0.289 e. The topological polar surface area (TPSA) is 76.5 Å². The van der Waals surface area contributed by atoms with Gasteiger partial charge in [-0.2, -0.15) is 0 Å². The predicted octanol–water partition coefficient (Wildman–Crippen LogP) is 3.22. The van der Waals surface area contributed by atoms with Gasteiger partial charge in [-0.25, -0.2) is 4.98 Å². The van der Waals surface area contributed by atoms with Gasteiger partial charge in [-0.3, -0.25) is 9.59 Å². The molecule has 1 aromatic carbocycles. The van der Waals surface area contributed by atoms with E-state index in [9.17, 15) is 9.59 Å². The number of nitrogens with zero attached hydrogens (tertiary/aromatic N) is 3. The lowest BCUT2D eigenvalue weighted by atomic mass is 10.1. The molecule has 7 nitrogen and oxygen atoms in total. The third kappa shape index (κ3) is 5.09. The summed E-state index contributed by atoms with van der Waals surface area (Å²) in [5, 5.41) is 3.02. The second-order valence-corrected chi connectivity index (χ2v) is 7.92. The van der Waals surface area contributed by atoms with Crippen LogP contribution in [0.1, 0.15) is 37.8 Å². The molecule has 0 unspecified atom stereocenters. The average molecular weight is 419 g/mol. The fourth-order valence-electron chi connectivity index (χ4n) is 3.28. The van der Waals surface area contributed by atoms with Crippen molar-refractivity contribution >= 4 is 23.4 Å². The minimum atomic E-state index is -0.0820. The van der Waals surface area contributed by atoms with Crippen LogP contribution < -0.4 is 10.1 Å². The number of aromatic nitrogens is 2. The van der Waals surface area contributed by atoms with Crippen LogP contribution in [-0.2, 0) is 11.3 Å². The zero-order valence-electron chi connectivity index (χ0n) is 17.1. The number of carbonyl (C=O) groups excluding carboxylic acids is 2. The van der Waals surface area contributed by atoms with E-state index in [4.69, 9.17) is 16.3 Å². The van der Waals surface area contributed by atoms with E-state index in [0.29, 0.717) is 48.9 Å². The van der Waals surface area contributed by atoms with Crippen LogP contribution in [0.4, 0.5) is 0 Å². The molecule has 0 fully saturated rings. The lowest BCUT2D eigenvalue weighted by Crippen LogP contribution is -2.41. The molecule has 0 saturated heterocycles. The first-order valence-corrected chi connectivity index (χ1v) is 10.3. The number of halogens is 1. The van der Waals surface area contributed by atoms with E-state index >= 15 is 0 Å². The molecule has 2 heterocycles. The van der Waals surface area contributed by atoms with Crippen LogP contribution in [0, 0.1) is 5.92 Å². The van der Waals surface area contributed by atoms with Crippen LogP contribution in [0.25, 0.3) is 11.3 Å². The molecule has 1 N–H and O–H groups in total. The fourth-order valence-corrected chi connectivity index (χ4v) is 3.57. The zero-order chi connectivity index (χ0) is 21.0. The molecule has 156 valence electrons. The van der Waals surface area contributed by atoms with Gasteiger partial charge in [0.25, 0.3) is 5.91 Å². The number of benzene rings is 1. The lowest BCUT2D eigenvalue weighted by molar-refractivity contribution is -0.119. The summed E-state index contributed by atoms with van der Waals surface area (Å²) in [6.45, 7) is 8.68. The number of ether oxygens (including phenoxy) is 1. The molecule has 1 aliphatic heterocycles. The van der Waals surface area contributed by atoms with Crippen molar-refractivity contribution in [3.05, 3.63) is 35.2 Å². The van der Waals surface area contributed by atoms with Gasteiger partial charge >= 0.3 is 0 Å². The van der Waals surface area contributed by atoms with Gasteiger partial charge in [-0.1, -0.05) is 25.4 Å². The molecule has 1 aliphatic rings. The molecule has 2 aromatic rings. The van der Waals surface area contributed by atoms with Crippen molar-refractivity contribution in [2.24, 2.45) is 5.92 Å². The Morgan fingerprint density at radius 2 is 2.00 bits per heavy atom. The second kappa shape index (κ2) is 9.31. The van der Waals surface area contributed by atoms with Gasteiger partial charge in [0.2, 0.25) is 11.7 Å². The highest BCUT2D eigenvalue weighted by atomic mass is 35.5. The Hall–Kier alpha value is -2.54. The molecular weight excluding hydrogens is 392 g/mol. The second-order valence-electron chi connectivity index (χ2n) is 7.56. The van der Waals surface area contributed by atoms with Crippen LogP contribution >= 0.6 is 11.6 Å². The van der Waals surface area contributed by atoms with E-state index in [1.54, 1.807) is 0 Å². The Kier molecular flexibility index (Phi) is 6.79. The van der Waals surface area contributed by atoms with Crippen LogP contribution in [-0.4, -0.2) is 52.5 Å². The first-order valence-electron chi connectivity index (χ1n) is 9.89. The Balaban J connectivity index is 1.72. The predicted molar refractivity (Wildman–Crippen MR) is 112 cm³/mol. The van der Waals surface area contributed by atoms with Gasteiger partial charge in [0, 0.05) is 32.1 Å². The lowest BCUT2D eigenvalue weighted by Gasteiger charge is -2.28. The Morgan fingerprint density at radius 3 is 2.66 bits per heavy atom. The highest BCUT2D eigenvalue weighted by molar-refractivity contribution is 6.32. The van der Waals surface area contributed by atoms with E-state index in [2.05, 4.69) is 24.1 Å². The van der Waals surface area contributed by atoms with Crippen LogP contribution in [0.15, 0.2) is 24.3 Å². The highest BCUT2D eigenvalue weighted by Gasteiger charge is 2.30. The summed E-state index contributed by atoms with van der Waals surface area (Å²) in [5.74, 6) is 1.49. The number of amides is 2. The maximum atomic E-state index is 12.8. The molecule has 8 heteroatoms. The number of hydrogen-bond acceptors (Lipinski definition) is 4. The van der Waals surface area contributed by atoms with Gasteiger partial charge in [0.15, 0.2) is 5.15 Å². The number of carbonyl (C=O) groups is 2. The van der Waals surface area contributed by atoms with Crippen LogP contribution in [0.3, 0.4) is 0 Å². The molecule has 0 bridgehead atoms. The standard InChI is InChI=1S/C21H27ClN4O3/c1-14(2)8-10-25-11-12-26-18(19(22)24-20(26)21(25)28)16-4-6-17(7-5-16)29-13-9-23-15(3)27/h4-7,14H,8-13H2,1-3H3,(H,23,27). The minimum Gasteiger partial charge on any atom is -0.492 e. The number of imidazole rings is 1. The third-order valence-electron chi connectivity index (χ3n) is 4.85. The maximum absolute atomic E-state index is 12.8. The Labute approximate surface area is 176 Å². The fraction of sp³-hybridized carbons (Fsp3) is 0.476. The number of rotatable bonds is 8. The van der Waals surface area contributed by atoms with Crippen molar-refractivity contribution in [2.45, 2.75) is 33.7 Å². The summed E-state index contributed by atoms with van der Waals surface area (Å²) in [7, 11) is 0. The van der Waals surface area contributed by atoms with Crippen molar-refractivity contribution < 1.29 is 14.3 Å². The molecule has 0 radical (unpaired) electrons. The minimum absolute atomic E-state index is 0.0667. The summed E-state index contributed by atoms with van der Waals surface area (Å²) in [4.78, 5) is 29.9. The molecule has 29 heavy (non-hydrogen) atoms. The van der Waals surface area contributed by atoms with Crippen molar-refractivity contribution in [1.29, 1.82) is 0 Å². The van der Waals surface area contributed by atoms with E-state index in [-0.39, 0.29) is 11.8 Å². The zero-order valence-corrected chi connectivity index (χ0v) is 17.8. The van der Waals surface area contributed by atoms with Gasteiger partial charge in [-0.05, 0) is 36.6 Å². The number of fused-ring (bicyclic) bond motifs is 1. The van der Waals surface area contributed by atoms with Crippen molar-refractivity contribution in [1.82, 2.24) is 19.8 Å². The van der Waals surface area contributed by atoms with Crippen molar-refractivity contribution in [3.63, 3.8) is 0 Å². The van der Waals surface area contributed by atoms with E-state index in [1.165, 1.54) is 6.92 Å². The van der Waals surface area contributed by atoms with E-state index in [1.807, 2.05) is 33.7 Å². The average Bonchev–Trinajstić information content (AvgIpc) is 3.02. The number of nitrogens with one attached hydrogen (secondary N) is 1. The van der Waals surface area contributed by atoms with E-state index < -0.39 is 0 Å². The van der Waals surface area contributed by atoms with Crippen molar-refractivity contribution in [2.75, 3.05) is 26.2 Å². The summed E-state index contributed by atoms with van der Waals surface area (Å²) in [5.41, 5.74) is 1.63. The van der Waals surface area contributed by atoms with Crippen LogP contribution in [0.2, 0.25) is 5.15 Å². The SMILES string of the molecule is CC(=O)NCCOc1ccc(-c2c(Cl)nc3n2CCN(CCC(C)C)C3=O)cc1. The van der Waals surface area contributed by atoms with Crippen LogP contribution in [0.5, 0.6) is 5.75 Å². The first-order chi connectivity index (χ1) is 13.9. The summed E-state index contributed by atoms with van der Waals surface area (Å²) < 4.78 is 7.52. The Bertz CT molecular complexity index is 877. The quantitative estimate of drug-likeness (QED) is 0.668. The molecule has 0 atom stereocenters. The summed E-state index contributed by atoms with van der Waals surface area (Å²) in [6, 6.07) is 7.50. The van der Waals surface area contributed by atoms with Gasteiger partial charge in [0.1, 0.15) is 12.4 Å². The van der Waals surface area contributed by atoms with E-state index in [0.717, 1.165) is 24.2 Å². The monoisotopic (exact) mass is 418 g/mol. The molecule has 0 spiro atoms. The third-order valence-corrected chi connectivity index (χ3v) is 5.11. The Morgan fingerprint density at radius 1 is 1.28 bits per heavy atom. The summed E-state index contributed by atoms with van der Waals surface area (Å²) in [6.07, 6.45) is 0.969. The molecule has 1 aromatic heterocycles. The normalized spacial score (nSPS) is 13.6. The largest absolute Gasteiger partial charge is 0.492 e. The van der Waals surface area contributed by atoms with Gasteiger partial charge in [-0.15, -0.1) is 0 Å². The van der Waals surface area contributed by atoms with Crippen molar-refractivity contribution in [3.8, 4) is 17.0 Å². The van der Waals surface area contributed by atoms with Gasteiger partial charge < -0.3 is 19.5 Å². The molecular formula is C21H27ClN4O3. The summed E-state index contributed by atoms with van der Waals surface area (Å²) >= 11 is 6.41. The molecule has 2 amide bonds.